The Balaban J connectivity index is -0.000000347. The molecular weight excluding hydrogens is 506 g/mol. The van der Waals surface area contributed by atoms with Gasteiger partial charge in [-0.1, -0.05) is 69.2 Å². The Labute approximate surface area is 181 Å². The molecule has 0 radical (unpaired) electrons. The third kappa shape index (κ3) is 45.8. The zero-order valence-electron chi connectivity index (χ0n) is 19.7. The second kappa shape index (κ2) is 17.3. The second-order valence-corrected chi connectivity index (χ2v) is 9.64. The average molecular weight is 549 g/mol. The van der Waals surface area contributed by atoms with E-state index in [-0.39, 0.29) is 11.1 Å². The maximum atomic E-state index is 4.29. The molecule has 0 N–H and O–H groups in total. The fourth-order valence-electron chi connectivity index (χ4n) is 0.935. The fourth-order valence-corrected chi connectivity index (χ4v) is 0.935. The quantitative estimate of drug-likeness (QED) is 0.309. The van der Waals surface area contributed by atoms with Gasteiger partial charge >= 0.3 is 43.0 Å². The molecule has 0 aliphatic carbocycles. The molecule has 0 aromatic heterocycles. The van der Waals surface area contributed by atoms with E-state index in [9.17, 15) is 0 Å². The van der Waals surface area contributed by atoms with Crippen molar-refractivity contribution in [3.63, 3.8) is 0 Å². The number of hydrogen-bond donors (Lipinski definition) is 0. The van der Waals surface area contributed by atoms with Crippen molar-refractivity contribution in [1.29, 1.82) is 0 Å². The van der Waals surface area contributed by atoms with Gasteiger partial charge in [-0.3, -0.25) is 0 Å². The molecule has 0 fully saturated rings. The van der Waals surface area contributed by atoms with Crippen LogP contribution in [-0.2, 0) is 19.6 Å². The SMILES string of the molecule is CC(C)(C)[N-]/C=C\[N-]C(C)(C)C.CC(C)[N-]/C=C\[N-]C(C)C.CC(C)[N]=[W]. The Hall–Kier alpha value is -0.832. The van der Waals surface area contributed by atoms with Gasteiger partial charge in [-0.25, -0.2) is 24.8 Å². The van der Waals surface area contributed by atoms with Crippen LogP contribution in [0.4, 0.5) is 0 Å². The van der Waals surface area contributed by atoms with Crippen LogP contribution < -0.4 is 0 Å². The van der Waals surface area contributed by atoms with Crippen LogP contribution in [0.25, 0.3) is 21.3 Å². The van der Waals surface area contributed by atoms with Crippen LogP contribution in [0.3, 0.4) is 0 Å². The van der Waals surface area contributed by atoms with Gasteiger partial charge in [0.05, 0.1) is 0 Å². The van der Waals surface area contributed by atoms with Gasteiger partial charge in [0.15, 0.2) is 0 Å². The van der Waals surface area contributed by atoms with Crippen LogP contribution in [0.2, 0.25) is 0 Å². The molecule has 0 heterocycles. The molecule has 0 amide bonds. The fraction of sp³-hybridized carbons (Fsp3) is 0.810. The first-order valence-electron chi connectivity index (χ1n) is 9.57. The Morgan fingerprint density at radius 3 is 1.04 bits per heavy atom. The number of rotatable bonds is 7. The van der Waals surface area contributed by atoms with Crippen molar-refractivity contribution in [2.24, 2.45) is 3.50 Å². The van der Waals surface area contributed by atoms with Crippen LogP contribution in [0, 0.1) is 0 Å². The molecule has 0 atom stereocenters. The molecule has 27 heavy (non-hydrogen) atoms. The van der Waals surface area contributed by atoms with E-state index >= 15 is 0 Å². The van der Waals surface area contributed by atoms with Crippen LogP contribution in [-0.4, -0.2) is 29.2 Å². The summed E-state index contributed by atoms with van der Waals surface area (Å²) < 4.78 is 3.97. The monoisotopic (exact) mass is 549 g/mol. The molecule has 5 nitrogen and oxygen atoms in total. The Morgan fingerprint density at radius 2 is 0.889 bits per heavy atom. The predicted molar refractivity (Wildman–Crippen MR) is 119 cm³/mol. The van der Waals surface area contributed by atoms with Gasteiger partial charge in [-0.2, -0.15) is 0 Å². The minimum absolute atomic E-state index is 0.00387. The van der Waals surface area contributed by atoms with E-state index in [1.54, 1.807) is 24.8 Å². The Morgan fingerprint density at radius 1 is 0.630 bits per heavy atom. The van der Waals surface area contributed by atoms with Gasteiger partial charge in [0.25, 0.3) is 0 Å². The zero-order valence-corrected chi connectivity index (χ0v) is 22.6. The number of nitrogens with zero attached hydrogens (tertiary/aromatic N) is 5. The minimum atomic E-state index is 0.00387. The predicted octanol–water partition coefficient (Wildman–Crippen LogP) is 7.95. The number of hydrogen-bond acceptors (Lipinski definition) is 1. The molecule has 0 unspecified atom stereocenters. The van der Waals surface area contributed by atoms with Crippen molar-refractivity contribution in [1.82, 2.24) is 0 Å². The van der Waals surface area contributed by atoms with E-state index in [1.165, 1.54) is 19.6 Å². The molecule has 162 valence electrons. The van der Waals surface area contributed by atoms with Crippen LogP contribution in [0.15, 0.2) is 28.3 Å². The van der Waals surface area contributed by atoms with Gasteiger partial charge in [0, 0.05) is 0 Å². The summed E-state index contributed by atoms with van der Waals surface area (Å²) in [5.74, 6) is 0. The van der Waals surface area contributed by atoms with Crippen LogP contribution in [0.5, 0.6) is 0 Å². The van der Waals surface area contributed by atoms with Crippen molar-refractivity contribution in [2.75, 3.05) is 0 Å². The molecule has 0 aliphatic heterocycles. The zero-order chi connectivity index (χ0) is 22.1. The van der Waals surface area contributed by atoms with E-state index < -0.39 is 0 Å². The Bertz CT molecular complexity index is 358. The Kier molecular flexibility index (Phi) is 19.8. The van der Waals surface area contributed by atoms with Gasteiger partial charge in [-0.05, 0) is 0 Å². The molecule has 0 aromatic carbocycles. The third-order valence-corrected chi connectivity index (χ3v) is 3.55. The summed E-state index contributed by atoms with van der Waals surface area (Å²) in [5, 5.41) is 16.8. The average Bonchev–Trinajstić information content (AvgIpc) is 2.47. The van der Waals surface area contributed by atoms with Crippen LogP contribution in [0.1, 0.15) is 83.1 Å². The van der Waals surface area contributed by atoms with Crippen molar-refractivity contribution < 1.29 is 19.6 Å². The summed E-state index contributed by atoms with van der Waals surface area (Å²) in [6.45, 7) is 24.7. The van der Waals surface area contributed by atoms with Gasteiger partial charge in [0.1, 0.15) is 0 Å². The first-order valence-corrected chi connectivity index (χ1v) is 10.9. The summed E-state index contributed by atoms with van der Waals surface area (Å²) in [7, 11) is 0. The molecule has 0 rings (SSSR count). The topological polar surface area (TPSA) is 68.8 Å². The molecule has 0 aliphatic rings. The molecule has 0 saturated heterocycles. The first kappa shape index (κ1) is 30.9. The normalized spacial score (nSPS) is 11.8. The molecule has 0 aromatic rings. The standard InChI is InChI=1S/C10H20N2.C8H16N2.C3H7N.W/c1-9(2,3)11-7-8-12-10(4,5)6;1-7(2)9-5-6-10-8(3)4;1-3(2)4;/h7-8H,1-6H3;5-8H,1-4H3;3H,1-2H3;/q2*-2;;/b8-7-;6-5-;;. The van der Waals surface area contributed by atoms with Gasteiger partial charge in [0.2, 0.25) is 0 Å². The van der Waals surface area contributed by atoms with Crippen molar-refractivity contribution >= 4 is 0 Å². The summed E-state index contributed by atoms with van der Waals surface area (Å²) in [5.41, 5.74) is 0.00775. The maximum absolute atomic E-state index is 4.29. The van der Waals surface area contributed by atoms with E-state index in [1.807, 2.05) is 27.7 Å². The molecule has 0 spiro atoms. The molecular formula is C21H43N5W-4. The molecule has 0 saturated carbocycles. The van der Waals surface area contributed by atoms with Crippen molar-refractivity contribution in [3.8, 4) is 0 Å². The van der Waals surface area contributed by atoms with E-state index in [0.29, 0.717) is 18.1 Å². The summed E-state index contributed by atoms with van der Waals surface area (Å²) in [6, 6.07) is 1.29. The third-order valence-electron chi connectivity index (χ3n) is 2.04. The van der Waals surface area contributed by atoms with E-state index in [2.05, 4.69) is 80.2 Å². The van der Waals surface area contributed by atoms with E-state index in [0.717, 1.165) is 0 Å². The first-order chi connectivity index (χ1) is 12.1. The van der Waals surface area contributed by atoms with Crippen molar-refractivity contribution in [2.45, 2.75) is 112 Å². The van der Waals surface area contributed by atoms with Gasteiger partial charge in [-0.15, -0.1) is 23.2 Å². The van der Waals surface area contributed by atoms with Crippen molar-refractivity contribution in [3.05, 3.63) is 46.1 Å². The summed E-state index contributed by atoms with van der Waals surface area (Å²) in [6.07, 6.45) is 7.05. The summed E-state index contributed by atoms with van der Waals surface area (Å²) in [4.78, 5) is 0. The van der Waals surface area contributed by atoms with Crippen LogP contribution >= 0.6 is 0 Å². The molecule has 0 bridgehead atoms. The van der Waals surface area contributed by atoms with E-state index in [4.69, 9.17) is 0 Å². The second-order valence-electron chi connectivity index (χ2n) is 8.88. The summed E-state index contributed by atoms with van der Waals surface area (Å²) >= 11 is 1.33. The molecule has 6 heteroatoms. The van der Waals surface area contributed by atoms with Gasteiger partial charge < -0.3 is 21.3 Å².